The fourth-order valence-electron chi connectivity index (χ4n) is 1.68. The van der Waals surface area contributed by atoms with Gasteiger partial charge in [0.25, 0.3) is 0 Å². The first-order chi connectivity index (χ1) is 8.22. The Morgan fingerprint density at radius 3 is 2.94 bits per heavy atom. The zero-order chi connectivity index (χ0) is 12.3. The number of terminal acetylenes is 1. The summed E-state index contributed by atoms with van der Waals surface area (Å²) in [6, 6.07) is 2.19. The van der Waals surface area contributed by atoms with Crippen LogP contribution < -0.4 is 5.32 Å². The molecule has 1 atom stereocenters. The van der Waals surface area contributed by atoms with Crippen molar-refractivity contribution in [1.82, 2.24) is 9.97 Å². The van der Waals surface area contributed by atoms with E-state index in [1.807, 2.05) is 6.07 Å². The average molecular weight is 294 g/mol. The van der Waals surface area contributed by atoms with Crippen LogP contribution in [-0.2, 0) is 0 Å². The molecule has 0 spiro atoms. The van der Waals surface area contributed by atoms with Crippen LogP contribution >= 0.6 is 15.9 Å². The highest BCUT2D eigenvalue weighted by molar-refractivity contribution is 9.10. The molecule has 1 unspecified atom stereocenters. The molecular formula is C13H16BrN3. The van der Waals surface area contributed by atoms with Crippen LogP contribution in [0.2, 0.25) is 0 Å². The summed E-state index contributed by atoms with van der Waals surface area (Å²) in [5.74, 6) is 5.06. The van der Waals surface area contributed by atoms with E-state index in [9.17, 15) is 0 Å². The molecule has 1 N–H and O–H groups in total. The Labute approximate surface area is 111 Å². The van der Waals surface area contributed by atoms with E-state index in [2.05, 4.69) is 44.1 Å². The Hall–Kier alpha value is -1.08. The van der Waals surface area contributed by atoms with Crippen LogP contribution in [-0.4, -0.2) is 16.0 Å². The van der Waals surface area contributed by atoms with E-state index < -0.39 is 0 Å². The number of rotatable bonds is 5. The van der Waals surface area contributed by atoms with E-state index in [4.69, 9.17) is 6.42 Å². The highest BCUT2D eigenvalue weighted by Gasteiger charge is 2.27. The summed E-state index contributed by atoms with van der Waals surface area (Å²) in [5, 5.41) is 3.37. The minimum Gasteiger partial charge on any atom is -0.366 e. The van der Waals surface area contributed by atoms with E-state index in [1.54, 1.807) is 0 Å². The quantitative estimate of drug-likeness (QED) is 0.668. The maximum absolute atomic E-state index is 5.34. The number of nitrogens with zero attached hydrogens (tertiary/aromatic N) is 2. The van der Waals surface area contributed by atoms with E-state index in [0.29, 0.717) is 5.92 Å². The minimum absolute atomic E-state index is 0.286. The third kappa shape index (κ3) is 3.44. The first-order valence-corrected chi connectivity index (χ1v) is 6.76. The van der Waals surface area contributed by atoms with Crippen LogP contribution in [0.4, 0.5) is 5.82 Å². The summed E-state index contributed by atoms with van der Waals surface area (Å²) in [6.45, 7) is 2.12. The van der Waals surface area contributed by atoms with Crippen molar-refractivity contribution < 1.29 is 0 Å². The van der Waals surface area contributed by atoms with E-state index in [0.717, 1.165) is 29.1 Å². The molecule has 1 heterocycles. The molecule has 1 aromatic heterocycles. The standard InChI is InChI=1S/C13H16BrN3/c1-3-5-10(4-2)15-12-8-11(14)16-13(17-12)9-6-7-9/h1,8-10H,4-7H2,2H3,(H,15,16,17). The fourth-order valence-corrected chi connectivity index (χ4v) is 2.08. The fraction of sp³-hybridized carbons (Fsp3) is 0.538. The summed E-state index contributed by atoms with van der Waals surface area (Å²) in [5.41, 5.74) is 0. The maximum Gasteiger partial charge on any atom is 0.135 e. The molecule has 4 heteroatoms. The summed E-state index contributed by atoms with van der Waals surface area (Å²) in [7, 11) is 0. The molecule has 1 fully saturated rings. The molecule has 17 heavy (non-hydrogen) atoms. The van der Waals surface area contributed by atoms with Gasteiger partial charge in [-0.3, -0.25) is 0 Å². The molecule has 2 rings (SSSR count). The number of hydrogen-bond acceptors (Lipinski definition) is 3. The van der Waals surface area contributed by atoms with Gasteiger partial charge in [0.05, 0.1) is 0 Å². The lowest BCUT2D eigenvalue weighted by Crippen LogP contribution is -2.19. The highest BCUT2D eigenvalue weighted by atomic mass is 79.9. The molecule has 0 radical (unpaired) electrons. The van der Waals surface area contributed by atoms with Gasteiger partial charge in [-0.1, -0.05) is 6.92 Å². The average Bonchev–Trinajstić information content (AvgIpc) is 3.11. The van der Waals surface area contributed by atoms with Gasteiger partial charge >= 0.3 is 0 Å². The number of halogens is 1. The second-order valence-corrected chi connectivity index (χ2v) is 5.18. The second kappa shape index (κ2) is 5.50. The molecular weight excluding hydrogens is 278 g/mol. The van der Waals surface area contributed by atoms with Crippen LogP contribution in [0.1, 0.15) is 44.3 Å². The second-order valence-electron chi connectivity index (χ2n) is 4.37. The smallest absolute Gasteiger partial charge is 0.135 e. The molecule has 1 saturated carbocycles. The van der Waals surface area contributed by atoms with Gasteiger partial charge in [-0.2, -0.15) is 0 Å². The van der Waals surface area contributed by atoms with Gasteiger partial charge in [0, 0.05) is 24.4 Å². The van der Waals surface area contributed by atoms with Gasteiger partial charge in [0.2, 0.25) is 0 Å². The Morgan fingerprint density at radius 1 is 1.59 bits per heavy atom. The van der Waals surface area contributed by atoms with Crippen LogP contribution in [0.5, 0.6) is 0 Å². The number of anilines is 1. The van der Waals surface area contributed by atoms with Gasteiger partial charge in [-0.25, -0.2) is 9.97 Å². The SMILES string of the molecule is C#CCC(CC)Nc1cc(Br)nc(C2CC2)n1. The van der Waals surface area contributed by atoms with Crippen molar-refractivity contribution in [2.24, 2.45) is 0 Å². The Morgan fingerprint density at radius 2 is 2.35 bits per heavy atom. The van der Waals surface area contributed by atoms with E-state index in [-0.39, 0.29) is 6.04 Å². The molecule has 1 aromatic rings. The van der Waals surface area contributed by atoms with Gasteiger partial charge < -0.3 is 5.32 Å². The van der Waals surface area contributed by atoms with Gasteiger partial charge in [-0.05, 0) is 35.2 Å². The number of aromatic nitrogens is 2. The monoisotopic (exact) mass is 293 g/mol. The van der Waals surface area contributed by atoms with Crippen molar-refractivity contribution in [1.29, 1.82) is 0 Å². The van der Waals surface area contributed by atoms with Crippen molar-refractivity contribution in [2.75, 3.05) is 5.32 Å². The molecule has 0 aliphatic heterocycles. The topological polar surface area (TPSA) is 37.8 Å². The molecule has 90 valence electrons. The van der Waals surface area contributed by atoms with Gasteiger partial charge in [0.15, 0.2) is 0 Å². The van der Waals surface area contributed by atoms with Crippen molar-refractivity contribution in [3.63, 3.8) is 0 Å². The molecule has 1 aliphatic carbocycles. The van der Waals surface area contributed by atoms with Crippen molar-refractivity contribution in [2.45, 2.75) is 44.6 Å². The molecule has 0 aromatic carbocycles. The Balaban J connectivity index is 2.11. The molecule has 0 amide bonds. The van der Waals surface area contributed by atoms with E-state index in [1.165, 1.54) is 12.8 Å². The first kappa shape index (κ1) is 12.4. The van der Waals surface area contributed by atoms with Gasteiger partial charge in [-0.15, -0.1) is 12.3 Å². The normalized spacial score (nSPS) is 16.3. The largest absolute Gasteiger partial charge is 0.366 e. The van der Waals surface area contributed by atoms with Gasteiger partial charge in [0.1, 0.15) is 16.2 Å². The van der Waals surface area contributed by atoms with Crippen molar-refractivity contribution >= 4 is 21.7 Å². The van der Waals surface area contributed by atoms with Crippen LogP contribution in [0.15, 0.2) is 10.7 Å². The van der Waals surface area contributed by atoms with Crippen LogP contribution in [0.3, 0.4) is 0 Å². The van der Waals surface area contributed by atoms with Crippen molar-refractivity contribution in [3.05, 3.63) is 16.5 Å². The lowest BCUT2D eigenvalue weighted by molar-refractivity contribution is 0.708. The minimum atomic E-state index is 0.286. The number of hydrogen-bond donors (Lipinski definition) is 1. The van der Waals surface area contributed by atoms with Crippen LogP contribution in [0, 0.1) is 12.3 Å². The Bertz CT molecular complexity index is 435. The lowest BCUT2D eigenvalue weighted by atomic mass is 10.1. The summed E-state index contributed by atoms with van der Waals surface area (Å²) < 4.78 is 0.840. The lowest BCUT2D eigenvalue weighted by Gasteiger charge is -2.15. The summed E-state index contributed by atoms with van der Waals surface area (Å²) in [6.07, 6.45) is 9.47. The Kier molecular flexibility index (Phi) is 4.01. The first-order valence-electron chi connectivity index (χ1n) is 5.97. The third-order valence-electron chi connectivity index (χ3n) is 2.86. The number of nitrogens with one attached hydrogen (secondary N) is 1. The highest BCUT2D eigenvalue weighted by Crippen LogP contribution is 2.38. The predicted octanol–water partition coefficient (Wildman–Crippen LogP) is 3.33. The summed E-state index contributed by atoms with van der Waals surface area (Å²) in [4.78, 5) is 8.94. The zero-order valence-corrected chi connectivity index (χ0v) is 11.5. The molecule has 0 saturated heterocycles. The maximum atomic E-state index is 5.34. The molecule has 3 nitrogen and oxygen atoms in total. The van der Waals surface area contributed by atoms with Crippen molar-refractivity contribution in [3.8, 4) is 12.3 Å². The predicted molar refractivity (Wildman–Crippen MR) is 72.9 cm³/mol. The van der Waals surface area contributed by atoms with E-state index >= 15 is 0 Å². The molecule has 0 bridgehead atoms. The molecule has 1 aliphatic rings. The summed E-state index contributed by atoms with van der Waals surface area (Å²) >= 11 is 3.43. The zero-order valence-electron chi connectivity index (χ0n) is 9.91. The van der Waals surface area contributed by atoms with Crippen LogP contribution in [0.25, 0.3) is 0 Å². The third-order valence-corrected chi connectivity index (χ3v) is 3.27.